The summed E-state index contributed by atoms with van der Waals surface area (Å²) in [6.07, 6.45) is 1.66. The minimum absolute atomic E-state index is 0.0397. The minimum Gasteiger partial charge on any atom is -0.383 e. The van der Waals surface area contributed by atoms with Crippen molar-refractivity contribution in [2.75, 3.05) is 19.5 Å². The highest BCUT2D eigenvalue weighted by Gasteiger charge is 2.13. The van der Waals surface area contributed by atoms with Crippen LogP contribution >= 0.6 is 35.0 Å². The van der Waals surface area contributed by atoms with Gasteiger partial charge in [0.05, 0.1) is 22.4 Å². The molecule has 0 aliphatic heterocycles. The monoisotopic (exact) mass is 348 g/mol. The topological polar surface area (TPSA) is 68.5 Å². The summed E-state index contributed by atoms with van der Waals surface area (Å²) in [6, 6.07) is 1.56. The minimum atomic E-state index is -0.102. The SMILES string of the molecule is COCC(C)NC(=O)CSc1nnc2c(Cl)cc(Cl)cn12. The fourth-order valence-electron chi connectivity index (χ4n) is 1.74. The van der Waals surface area contributed by atoms with Crippen molar-refractivity contribution in [3.63, 3.8) is 0 Å². The van der Waals surface area contributed by atoms with Gasteiger partial charge in [0.25, 0.3) is 0 Å². The Bertz CT molecular complexity index is 649. The third-order valence-electron chi connectivity index (χ3n) is 2.55. The standard InChI is InChI=1S/C12H14Cl2N4O2S/c1-7(5-20-2)15-10(19)6-21-12-17-16-11-9(14)3-8(13)4-18(11)12/h3-4,7H,5-6H2,1-2H3,(H,15,19). The zero-order valence-corrected chi connectivity index (χ0v) is 13.8. The number of methoxy groups -OCH3 is 1. The van der Waals surface area contributed by atoms with Crippen molar-refractivity contribution < 1.29 is 9.53 Å². The summed E-state index contributed by atoms with van der Waals surface area (Å²) < 4.78 is 6.63. The summed E-state index contributed by atoms with van der Waals surface area (Å²) >= 11 is 13.2. The number of carbonyl (C=O) groups excluding carboxylic acids is 1. The number of aromatic nitrogens is 3. The number of hydrogen-bond acceptors (Lipinski definition) is 5. The average Bonchev–Trinajstić information content (AvgIpc) is 2.79. The highest BCUT2D eigenvalue weighted by atomic mass is 35.5. The Hall–Kier alpha value is -1.02. The quantitative estimate of drug-likeness (QED) is 0.811. The molecule has 0 radical (unpaired) electrons. The lowest BCUT2D eigenvalue weighted by atomic mass is 10.3. The number of rotatable bonds is 6. The van der Waals surface area contributed by atoms with Crippen LogP contribution in [0.5, 0.6) is 0 Å². The molecule has 0 saturated carbocycles. The third-order valence-corrected chi connectivity index (χ3v) is 3.98. The van der Waals surface area contributed by atoms with E-state index in [0.29, 0.717) is 27.5 Å². The molecule has 114 valence electrons. The van der Waals surface area contributed by atoms with Crippen molar-refractivity contribution in [2.24, 2.45) is 0 Å². The van der Waals surface area contributed by atoms with Crippen molar-refractivity contribution in [3.8, 4) is 0 Å². The van der Waals surface area contributed by atoms with Gasteiger partial charge in [-0.2, -0.15) is 0 Å². The molecular formula is C12H14Cl2N4O2S. The number of hydrogen-bond donors (Lipinski definition) is 1. The van der Waals surface area contributed by atoms with Crippen molar-refractivity contribution in [2.45, 2.75) is 18.1 Å². The summed E-state index contributed by atoms with van der Waals surface area (Å²) in [6.45, 7) is 2.34. The number of nitrogens with one attached hydrogen (secondary N) is 1. The molecule has 1 atom stereocenters. The van der Waals surface area contributed by atoms with Crippen molar-refractivity contribution in [1.82, 2.24) is 19.9 Å². The molecular weight excluding hydrogens is 335 g/mol. The van der Waals surface area contributed by atoms with E-state index in [-0.39, 0.29) is 17.7 Å². The van der Waals surface area contributed by atoms with Crippen LogP contribution in [0, 0.1) is 0 Å². The van der Waals surface area contributed by atoms with Gasteiger partial charge in [0.15, 0.2) is 10.8 Å². The molecule has 0 aliphatic rings. The van der Waals surface area contributed by atoms with Gasteiger partial charge >= 0.3 is 0 Å². The van der Waals surface area contributed by atoms with Gasteiger partial charge in [-0.25, -0.2) is 0 Å². The normalized spacial score (nSPS) is 12.6. The van der Waals surface area contributed by atoms with E-state index in [4.69, 9.17) is 27.9 Å². The van der Waals surface area contributed by atoms with Gasteiger partial charge in [-0.15, -0.1) is 10.2 Å². The van der Waals surface area contributed by atoms with Crippen LogP contribution in [0.15, 0.2) is 17.4 Å². The Kier molecular flexibility index (Phi) is 5.69. The maximum absolute atomic E-state index is 11.8. The molecule has 2 aromatic rings. The van der Waals surface area contributed by atoms with Gasteiger partial charge in [0, 0.05) is 19.3 Å². The number of fused-ring (bicyclic) bond motifs is 1. The highest BCUT2D eigenvalue weighted by molar-refractivity contribution is 7.99. The van der Waals surface area contributed by atoms with Gasteiger partial charge < -0.3 is 10.1 Å². The summed E-state index contributed by atoms with van der Waals surface area (Å²) in [4.78, 5) is 11.8. The van der Waals surface area contributed by atoms with E-state index in [9.17, 15) is 4.79 Å². The van der Waals surface area contributed by atoms with Crippen LogP contribution in [0.1, 0.15) is 6.92 Å². The molecule has 1 N–H and O–H groups in total. The van der Waals surface area contributed by atoms with Crippen LogP contribution < -0.4 is 5.32 Å². The first-order chi connectivity index (χ1) is 10.0. The number of amides is 1. The molecule has 0 aliphatic carbocycles. The van der Waals surface area contributed by atoms with Gasteiger partial charge in [0.2, 0.25) is 5.91 Å². The van der Waals surface area contributed by atoms with Crippen LogP contribution in [0.2, 0.25) is 10.0 Å². The van der Waals surface area contributed by atoms with Crippen molar-refractivity contribution in [3.05, 3.63) is 22.3 Å². The molecule has 2 rings (SSSR count). The van der Waals surface area contributed by atoms with Gasteiger partial charge in [-0.3, -0.25) is 9.20 Å². The molecule has 2 heterocycles. The van der Waals surface area contributed by atoms with Crippen LogP contribution in [0.3, 0.4) is 0 Å². The fraction of sp³-hybridized carbons (Fsp3) is 0.417. The van der Waals surface area contributed by atoms with E-state index in [1.807, 2.05) is 6.92 Å². The number of halogens is 2. The molecule has 6 nitrogen and oxygen atoms in total. The van der Waals surface area contributed by atoms with Gasteiger partial charge in [0.1, 0.15) is 0 Å². The van der Waals surface area contributed by atoms with Crippen molar-refractivity contribution >= 4 is 46.5 Å². The molecule has 0 spiro atoms. The molecule has 9 heteroatoms. The zero-order chi connectivity index (χ0) is 15.4. The Morgan fingerprint density at radius 1 is 1.52 bits per heavy atom. The number of thioether (sulfide) groups is 1. The predicted octanol–water partition coefficient (Wildman–Crippen LogP) is 2.28. The first-order valence-electron chi connectivity index (χ1n) is 6.12. The number of carbonyl (C=O) groups is 1. The van der Waals surface area contributed by atoms with E-state index < -0.39 is 0 Å². The number of ether oxygens (including phenoxy) is 1. The second kappa shape index (κ2) is 7.31. The van der Waals surface area contributed by atoms with Crippen LogP contribution in [-0.2, 0) is 9.53 Å². The Labute approximate surface area is 136 Å². The van der Waals surface area contributed by atoms with E-state index in [0.717, 1.165) is 0 Å². The Morgan fingerprint density at radius 3 is 3.00 bits per heavy atom. The van der Waals surface area contributed by atoms with Gasteiger partial charge in [-0.05, 0) is 13.0 Å². The van der Waals surface area contributed by atoms with Crippen LogP contribution in [0.4, 0.5) is 0 Å². The van der Waals surface area contributed by atoms with E-state index >= 15 is 0 Å². The fourth-order valence-corrected chi connectivity index (χ4v) is 2.97. The largest absolute Gasteiger partial charge is 0.383 e. The molecule has 2 aromatic heterocycles. The first kappa shape index (κ1) is 16.4. The van der Waals surface area contributed by atoms with Crippen LogP contribution in [0.25, 0.3) is 5.65 Å². The Balaban J connectivity index is 2.02. The maximum atomic E-state index is 11.8. The van der Waals surface area contributed by atoms with Crippen molar-refractivity contribution in [1.29, 1.82) is 0 Å². The molecule has 21 heavy (non-hydrogen) atoms. The highest BCUT2D eigenvalue weighted by Crippen LogP contribution is 2.25. The van der Waals surface area contributed by atoms with E-state index in [2.05, 4.69) is 15.5 Å². The molecule has 0 fully saturated rings. The summed E-state index contributed by atoms with van der Waals surface area (Å²) in [7, 11) is 1.59. The molecule has 0 aromatic carbocycles. The summed E-state index contributed by atoms with van der Waals surface area (Å²) in [5.41, 5.74) is 0.511. The lowest BCUT2D eigenvalue weighted by Crippen LogP contribution is -2.36. The smallest absolute Gasteiger partial charge is 0.230 e. The predicted molar refractivity (Wildman–Crippen MR) is 83.2 cm³/mol. The van der Waals surface area contributed by atoms with E-state index in [1.54, 1.807) is 23.8 Å². The summed E-state index contributed by atoms with van der Waals surface area (Å²) in [5, 5.41) is 12.3. The second-order valence-electron chi connectivity index (χ2n) is 4.40. The summed E-state index contributed by atoms with van der Waals surface area (Å²) in [5.74, 6) is 0.119. The lowest BCUT2D eigenvalue weighted by molar-refractivity contribution is -0.119. The average molecular weight is 349 g/mol. The Morgan fingerprint density at radius 2 is 2.29 bits per heavy atom. The number of pyridine rings is 1. The lowest BCUT2D eigenvalue weighted by Gasteiger charge is -2.12. The first-order valence-corrected chi connectivity index (χ1v) is 7.86. The van der Waals surface area contributed by atoms with Crippen LogP contribution in [-0.4, -0.2) is 46.0 Å². The molecule has 1 amide bonds. The molecule has 0 bridgehead atoms. The number of nitrogens with zero attached hydrogens (tertiary/aromatic N) is 3. The zero-order valence-electron chi connectivity index (χ0n) is 11.5. The maximum Gasteiger partial charge on any atom is 0.230 e. The van der Waals surface area contributed by atoms with E-state index in [1.165, 1.54) is 11.8 Å². The molecule has 1 unspecified atom stereocenters. The molecule has 0 saturated heterocycles. The second-order valence-corrected chi connectivity index (χ2v) is 6.18. The van der Waals surface area contributed by atoms with Gasteiger partial charge in [-0.1, -0.05) is 35.0 Å². The third kappa shape index (κ3) is 4.23.